The third-order valence-electron chi connectivity index (χ3n) is 6.89. The number of benzene rings is 1. The van der Waals surface area contributed by atoms with Gasteiger partial charge in [-0.25, -0.2) is 9.97 Å². The highest BCUT2D eigenvalue weighted by Gasteiger charge is 2.37. The normalized spacial score (nSPS) is 20.2. The molecule has 2 aliphatic rings. The van der Waals surface area contributed by atoms with Crippen LogP contribution >= 0.6 is 0 Å². The van der Waals surface area contributed by atoms with Crippen LogP contribution in [0.25, 0.3) is 22.3 Å². The number of aliphatic hydroxyl groups is 2. The highest BCUT2D eigenvalue weighted by atomic mass is 16.5. The molecule has 3 heterocycles. The molecule has 196 valence electrons. The second-order valence-corrected chi connectivity index (χ2v) is 9.75. The number of carbonyl (C=O) groups excluding carboxylic acids is 2. The van der Waals surface area contributed by atoms with Gasteiger partial charge in [0, 0.05) is 30.4 Å². The predicted molar refractivity (Wildman–Crippen MR) is 134 cm³/mol. The number of methoxy groups -OCH3 is 1. The molecular formula is C26H31N5O6. The van der Waals surface area contributed by atoms with Crippen LogP contribution in [0.3, 0.4) is 0 Å². The average molecular weight is 510 g/mol. The number of fused-ring (bicyclic) bond motifs is 1. The number of nitrogens with one attached hydrogen (secondary N) is 2. The van der Waals surface area contributed by atoms with E-state index in [1.807, 2.05) is 18.2 Å². The number of amides is 2. The number of ether oxygens (including phenoxy) is 2. The van der Waals surface area contributed by atoms with E-state index in [1.54, 1.807) is 14.0 Å². The van der Waals surface area contributed by atoms with Gasteiger partial charge in [0.05, 0.1) is 36.9 Å². The molecule has 3 aromatic rings. The van der Waals surface area contributed by atoms with Crippen molar-refractivity contribution < 1.29 is 29.3 Å². The first kappa shape index (κ1) is 25.0. The predicted octanol–water partition coefficient (Wildman–Crippen LogP) is 1.41. The molecule has 1 aliphatic carbocycles. The molecule has 0 radical (unpaired) electrons. The molecule has 1 aliphatic heterocycles. The minimum absolute atomic E-state index is 0.0367. The van der Waals surface area contributed by atoms with Gasteiger partial charge in [0.25, 0.3) is 11.8 Å². The van der Waals surface area contributed by atoms with Gasteiger partial charge in [0.2, 0.25) is 0 Å². The van der Waals surface area contributed by atoms with E-state index in [0.29, 0.717) is 52.0 Å². The first-order valence-corrected chi connectivity index (χ1v) is 12.4. The number of aliphatic hydroxyl groups excluding tert-OH is 2. The lowest BCUT2D eigenvalue weighted by molar-refractivity contribution is -0.138. The molecule has 2 fully saturated rings. The van der Waals surface area contributed by atoms with Crippen molar-refractivity contribution in [3.05, 3.63) is 35.8 Å². The highest BCUT2D eigenvalue weighted by molar-refractivity contribution is 6.09. The van der Waals surface area contributed by atoms with E-state index in [4.69, 9.17) is 9.47 Å². The molecule has 4 N–H and O–H groups in total. The first-order valence-electron chi connectivity index (χ1n) is 12.4. The Morgan fingerprint density at radius 1 is 1.27 bits per heavy atom. The van der Waals surface area contributed by atoms with Gasteiger partial charge in [-0.05, 0) is 44.7 Å². The van der Waals surface area contributed by atoms with E-state index in [0.717, 1.165) is 18.4 Å². The molecular weight excluding hydrogens is 478 g/mol. The summed E-state index contributed by atoms with van der Waals surface area (Å²) < 4.78 is 11.5. The molecule has 5 rings (SSSR count). The fourth-order valence-electron chi connectivity index (χ4n) is 4.65. The number of hydrogen-bond acceptors (Lipinski definition) is 8. The largest absolute Gasteiger partial charge is 0.497 e. The average Bonchev–Trinajstić information content (AvgIpc) is 3.55. The summed E-state index contributed by atoms with van der Waals surface area (Å²) in [6.45, 7) is 3.90. The van der Waals surface area contributed by atoms with Gasteiger partial charge in [-0.1, -0.05) is 0 Å². The zero-order valence-electron chi connectivity index (χ0n) is 21.0. The molecule has 1 saturated carbocycles. The summed E-state index contributed by atoms with van der Waals surface area (Å²) in [4.78, 5) is 38.9. The Kier molecular flexibility index (Phi) is 6.74. The third kappa shape index (κ3) is 4.96. The maximum Gasteiger partial charge on any atom is 0.255 e. The van der Waals surface area contributed by atoms with Gasteiger partial charge in [-0.3, -0.25) is 9.59 Å². The van der Waals surface area contributed by atoms with Crippen molar-refractivity contribution in [2.45, 2.75) is 44.9 Å². The molecule has 11 heteroatoms. The van der Waals surface area contributed by atoms with Crippen molar-refractivity contribution in [1.82, 2.24) is 25.2 Å². The summed E-state index contributed by atoms with van der Waals surface area (Å²) in [5, 5.41) is 22.8. The molecule has 2 amide bonds. The van der Waals surface area contributed by atoms with Crippen LogP contribution in [-0.4, -0.2) is 86.9 Å². The molecule has 0 unspecified atom stereocenters. The van der Waals surface area contributed by atoms with Crippen LogP contribution in [0.1, 0.15) is 35.8 Å². The number of rotatable bonds is 8. The Balaban J connectivity index is 1.44. The van der Waals surface area contributed by atoms with Gasteiger partial charge in [0.15, 0.2) is 0 Å². The SMILES string of the molecule is COc1ccc(-c2ncnc3c(C(=O)N[C@@H]4CN(C(=O)[C@H](C)O)C[C@H]4O)c(C)[nH]c23)c(OCC2CC2)c1. The Morgan fingerprint density at radius 2 is 2.05 bits per heavy atom. The van der Waals surface area contributed by atoms with Crippen LogP contribution in [0.5, 0.6) is 11.5 Å². The Morgan fingerprint density at radius 3 is 2.76 bits per heavy atom. The van der Waals surface area contributed by atoms with E-state index in [9.17, 15) is 19.8 Å². The van der Waals surface area contributed by atoms with Crippen LogP contribution in [0, 0.1) is 12.8 Å². The number of aromatic nitrogens is 3. The zero-order valence-corrected chi connectivity index (χ0v) is 21.0. The quantitative estimate of drug-likeness (QED) is 0.356. The molecule has 37 heavy (non-hydrogen) atoms. The number of hydrogen-bond donors (Lipinski definition) is 4. The molecule has 0 spiro atoms. The summed E-state index contributed by atoms with van der Waals surface area (Å²) in [6, 6.07) is 4.86. The van der Waals surface area contributed by atoms with Gasteiger partial charge in [-0.2, -0.15) is 0 Å². The smallest absolute Gasteiger partial charge is 0.255 e. The van der Waals surface area contributed by atoms with E-state index in [-0.39, 0.29) is 13.1 Å². The lowest BCUT2D eigenvalue weighted by atomic mass is 10.1. The maximum absolute atomic E-state index is 13.3. The topological polar surface area (TPSA) is 150 Å². The van der Waals surface area contributed by atoms with E-state index in [2.05, 4.69) is 20.3 Å². The maximum atomic E-state index is 13.3. The minimum Gasteiger partial charge on any atom is -0.497 e. The van der Waals surface area contributed by atoms with Crippen molar-refractivity contribution in [2.75, 3.05) is 26.8 Å². The third-order valence-corrected chi connectivity index (χ3v) is 6.89. The lowest BCUT2D eigenvalue weighted by Gasteiger charge is -2.18. The summed E-state index contributed by atoms with van der Waals surface area (Å²) in [5.74, 6) is 0.951. The second-order valence-electron chi connectivity index (χ2n) is 9.75. The van der Waals surface area contributed by atoms with Crippen LogP contribution < -0.4 is 14.8 Å². The molecule has 1 saturated heterocycles. The standard InChI is InChI=1S/C26H31N5O6/c1-13-21(25(34)30-18-9-31(10-19(18)33)26(35)14(2)32)23-24(29-13)22(27-12-28-23)17-7-6-16(36-3)8-20(17)37-11-15-4-5-15/h6-8,12,14-15,18-19,29,32-33H,4-5,9-11H2,1-3H3,(H,30,34)/t14-,18+,19+/m0/s1. The van der Waals surface area contributed by atoms with Crippen LogP contribution in [-0.2, 0) is 4.79 Å². The van der Waals surface area contributed by atoms with E-state index < -0.39 is 30.1 Å². The number of nitrogens with zero attached hydrogens (tertiary/aromatic N) is 3. The van der Waals surface area contributed by atoms with Crippen LogP contribution in [0.15, 0.2) is 24.5 Å². The summed E-state index contributed by atoms with van der Waals surface area (Å²) in [6.07, 6.45) is 1.60. The number of β-amino-alcohol motifs (C(OH)–C–C–N with tert-alkyl or cyclic N) is 1. The number of H-pyrrole nitrogens is 1. The second kappa shape index (κ2) is 9.98. The highest BCUT2D eigenvalue weighted by Crippen LogP contribution is 2.38. The number of aryl methyl sites for hydroxylation is 1. The monoisotopic (exact) mass is 509 g/mol. The molecule has 3 atom stereocenters. The van der Waals surface area contributed by atoms with Gasteiger partial charge >= 0.3 is 0 Å². The molecule has 11 nitrogen and oxygen atoms in total. The van der Waals surface area contributed by atoms with Crippen molar-refractivity contribution >= 4 is 22.8 Å². The summed E-state index contributed by atoms with van der Waals surface area (Å²) >= 11 is 0. The van der Waals surface area contributed by atoms with Gasteiger partial charge in [-0.15, -0.1) is 0 Å². The number of carbonyl (C=O) groups is 2. The molecule has 0 bridgehead atoms. The fraction of sp³-hybridized carbons (Fsp3) is 0.462. The van der Waals surface area contributed by atoms with Gasteiger partial charge in [0.1, 0.15) is 35.1 Å². The summed E-state index contributed by atoms with van der Waals surface area (Å²) in [7, 11) is 1.60. The van der Waals surface area contributed by atoms with Gasteiger partial charge < -0.3 is 34.9 Å². The Bertz CT molecular complexity index is 1330. The molecule has 1 aromatic carbocycles. The van der Waals surface area contributed by atoms with Crippen molar-refractivity contribution in [3.8, 4) is 22.8 Å². The lowest BCUT2D eigenvalue weighted by Crippen LogP contribution is -2.43. The minimum atomic E-state index is -1.18. The molecule has 2 aromatic heterocycles. The van der Waals surface area contributed by atoms with Crippen molar-refractivity contribution in [2.24, 2.45) is 5.92 Å². The fourth-order valence-corrected chi connectivity index (χ4v) is 4.65. The number of aromatic amines is 1. The van der Waals surface area contributed by atoms with E-state index in [1.165, 1.54) is 18.2 Å². The first-order chi connectivity index (χ1) is 17.8. The van der Waals surface area contributed by atoms with Crippen molar-refractivity contribution in [1.29, 1.82) is 0 Å². The zero-order chi connectivity index (χ0) is 26.3. The van der Waals surface area contributed by atoms with Crippen molar-refractivity contribution in [3.63, 3.8) is 0 Å². The van der Waals surface area contributed by atoms with E-state index >= 15 is 0 Å². The van der Waals surface area contributed by atoms with Crippen LogP contribution in [0.4, 0.5) is 0 Å². The number of likely N-dealkylation sites (tertiary alicyclic amines) is 1. The Hall–Kier alpha value is -3.70. The summed E-state index contributed by atoms with van der Waals surface area (Å²) in [5.41, 5.74) is 3.29. The Labute approximate surface area is 213 Å². The van der Waals surface area contributed by atoms with Crippen LogP contribution in [0.2, 0.25) is 0 Å².